The Morgan fingerprint density at radius 2 is 1.81 bits per heavy atom. The van der Waals surface area contributed by atoms with Gasteiger partial charge in [0.25, 0.3) is 5.91 Å². The van der Waals surface area contributed by atoms with Crippen molar-refractivity contribution in [2.24, 2.45) is 0 Å². The second kappa shape index (κ2) is 7.93. The van der Waals surface area contributed by atoms with Crippen molar-refractivity contribution >= 4 is 5.91 Å². The average Bonchev–Trinajstić information content (AvgIpc) is 2.40. The number of likely N-dealkylation sites (N-methyl/N-ethyl adjacent to an activating group) is 1. The fourth-order valence-corrected chi connectivity index (χ4v) is 1.70. The SMILES string of the molecule is CCNC(=O)C(C)Oc1c(F)cc(CNC(C)C)cc1F. The van der Waals surface area contributed by atoms with E-state index in [-0.39, 0.29) is 6.04 Å². The number of hydrogen-bond acceptors (Lipinski definition) is 3. The van der Waals surface area contributed by atoms with Crippen molar-refractivity contribution in [1.29, 1.82) is 0 Å². The third-order valence-corrected chi connectivity index (χ3v) is 2.79. The van der Waals surface area contributed by atoms with Crippen LogP contribution in [0.15, 0.2) is 12.1 Å². The monoisotopic (exact) mass is 300 g/mol. The molecule has 0 aromatic heterocycles. The maximum Gasteiger partial charge on any atom is 0.260 e. The van der Waals surface area contributed by atoms with Gasteiger partial charge in [0.15, 0.2) is 23.5 Å². The van der Waals surface area contributed by atoms with E-state index in [2.05, 4.69) is 10.6 Å². The molecule has 0 aliphatic carbocycles. The number of carbonyl (C=O) groups excluding carboxylic acids is 1. The first-order valence-corrected chi connectivity index (χ1v) is 7.00. The molecule has 0 spiro atoms. The molecular formula is C15H22F2N2O2. The highest BCUT2D eigenvalue weighted by molar-refractivity contribution is 5.80. The van der Waals surface area contributed by atoms with Crippen LogP contribution in [0.3, 0.4) is 0 Å². The highest BCUT2D eigenvalue weighted by Crippen LogP contribution is 2.24. The van der Waals surface area contributed by atoms with E-state index in [1.54, 1.807) is 6.92 Å². The van der Waals surface area contributed by atoms with Gasteiger partial charge in [-0.15, -0.1) is 0 Å². The van der Waals surface area contributed by atoms with Crippen LogP contribution < -0.4 is 15.4 Å². The van der Waals surface area contributed by atoms with Gasteiger partial charge in [-0.2, -0.15) is 0 Å². The number of rotatable bonds is 7. The van der Waals surface area contributed by atoms with Gasteiger partial charge in [-0.25, -0.2) is 8.78 Å². The van der Waals surface area contributed by atoms with Crippen molar-refractivity contribution in [2.45, 2.75) is 46.4 Å². The van der Waals surface area contributed by atoms with E-state index in [1.165, 1.54) is 19.1 Å². The Balaban J connectivity index is 2.82. The fraction of sp³-hybridized carbons (Fsp3) is 0.533. The van der Waals surface area contributed by atoms with Crippen molar-refractivity contribution in [1.82, 2.24) is 10.6 Å². The minimum absolute atomic E-state index is 0.213. The zero-order valence-electron chi connectivity index (χ0n) is 12.8. The molecule has 1 aromatic rings. The maximum absolute atomic E-state index is 13.9. The lowest BCUT2D eigenvalue weighted by atomic mass is 10.2. The van der Waals surface area contributed by atoms with Gasteiger partial charge in [-0.3, -0.25) is 4.79 Å². The molecule has 0 radical (unpaired) electrons. The number of benzene rings is 1. The summed E-state index contributed by atoms with van der Waals surface area (Å²) in [5.74, 6) is -2.57. The summed E-state index contributed by atoms with van der Waals surface area (Å²) in [6, 6.07) is 2.63. The molecule has 0 saturated carbocycles. The molecule has 1 aromatic carbocycles. The van der Waals surface area contributed by atoms with Gasteiger partial charge in [-0.05, 0) is 31.5 Å². The van der Waals surface area contributed by atoms with E-state index >= 15 is 0 Å². The molecule has 0 heterocycles. The van der Waals surface area contributed by atoms with E-state index in [0.29, 0.717) is 18.7 Å². The van der Waals surface area contributed by atoms with Crippen LogP contribution in [-0.2, 0) is 11.3 Å². The van der Waals surface area contributed by atoms with Gasteiger partial charge >= 0.3 is 0 Å². The predicted molar refractivity (Wildman–Crippen MR) is 77.1 cm³/mol. The van der Waals surface area contributed by atoms with Gasteiger partial charge in [-0.1, -0.05) is 13.8 Å². The van der Waals surface area contributed by atoms with Gasteiger partial charge in [0, 0.05) is 19.1 Å². The van der Waals surface area contributed by atoms with Crippen molar-refractivity contribution < 1.29 is 18.3 Å². The molecule has 0 bridgehead atoms. The largest absolute Gasteiger partial charge is 0.475 e. The Kier molecular flexibility index (Phi) is 6.55. The third-order valence-electron chi connectivity index (χ3n) is 2.79. The molecule has 1 unspecified atom stereocenters. The molecule has 118 valence electrons. The molecule has 1 atom stereocenters. The lowest BCUT2D eigenvalue weighted by Crippen LogP contribution is -2.36. The van der Waals surface area contributed by atoms with Gasteiger partial charge in [0.1, 0.15) is 0 Å². The van der Waals surface area contributed by atoms with Crippen LogP contribution in [0.1, 0.15) is 33.3 Å². The summed E-state index contributed by atoms with van der Waals surface area (Å²) in [7, 11) is 0. The highest BCUT2D eigenvalue weighted by atomic mass is 19.1. The van der Waals surface area contributed by atoms with E-state index in [1.807, 2.05) is 13.8 Å². The summed E-state index contributed by atoms with van der Waals surface area (Å²) < 4.78 is 32.9. The molecule has 0 fully saturated rings. The first-order valence-electron chi connectivity index (χ1n) is 7.00. The molecule has 0 aliphatic heterocycles. The van der Waals surface area contributed by atoms with E-state index in [0.717, 1.165) is 0 Å². The first kappa shape index (κ1) is 17.4. The van der Waals surface area contributed by atoms with Crippen LogP contribution >= 0.6 is 0 Å². The van der Waals surface area contributed by atoms with Crippen molar-refractivity contribution in [3.8, 4) is 5.75 Å². The second-order valence-corrected chi connectivity index (χ2v) is 5.08. The number of hydrogen-bond donors (Lipinski definition) is 2. The maximum atomic E-state index is 13.9. The van der Waals surface area contributed by atoms with Crippen molar-refractivity contribution in [3.05, 3.63) is 29.3 Å². The molecule has 1 rings (SSSR count). The molecule has 2 N–H and O–H groups in total. The smallest absolute Gasteiger partial charge is 0.260 e. The summed E-state index contributed by atoms with van der Waals surface area (Å²) in [5, 5.41) is 5.60. The number of nitrogens with one attached hydrogen (secondary N) is 2. The predicted octanol–water partition coefficient (Wildman–Crippen LogP) is 2.37. The Bertz CT molecular complexity index is 470. The van der Waals surface area contributed by atoms with Crippen LogP contribution in [0.2, 0.25) is 0 Å². The van der Waals surface area contributed by atoms with Crippen LogP contribution in [0.4, 0.5) is 8.78 Å². The van der Waals surface area contributed by atoms with Crippen LogP contribution in [0.25, 0.3) is 0 Å². The molecule has 0 saturated heterocycles. The molecule has 0 aliphatic rings. The van der Waals surface area contributed by atoms with Crippen molar-refractivity contribution in [3.63, 3.8) is 0 Å². The highest BCUT2D eigenvalue weighted by Gasteiger charge is 2.19. The zero-order chi connectivity index (χ0) is 16.0. The van der Waals surface area contributed by atoms with Gasteiger partial charge in [0.05, 0.1) is 0 Å². The number of amides is 1. The normalized spacial score (nSPS) is 12.3. The molecule has 1 amide bonds. The lowest BCUT2D eigenvalue weighted by molar-refractivity contribution is -0.127. The Labute approximate surface area is 123 Å². The topological polar surface area (TPSA) is 50.4 Å². The quantitative estimate of drug-likeness (QED) is 0.813. The summed E-state index contributed by atoms with van der Waals surface area (Å²) in [6.07, 6.45) is -0.964. The van der Waals surface area contributed by atoms with E-state index in [9.17, 15) is 13.6 Å². The number of halogens is 2. The standard InChI is InChI=1S/C15H22F2N2O2/c1-5-18-15(20)10(4)21-14-12(16)6-11(7-13(14)17)8-19-9(2)3/h6-7,9-10,19H,5,8H2,1-4H3,(H,18,20). The van der Waals surface area contributed by atoms with Gasteiger partial charge in [0.2, 0.25) is 0 Å². The minimum atomic E-state index is -0.964. The zero-order valence-corrected chi connectivity index (χ0v) is 12.8. The summed E-state index contributed by atoms with van der Waals surface area (Å²) in [5.41, 5.74) is 0.483. The fourth-order valence-electron chi connectivity index (χ4n) is 1.70. The Hall–Kier alpha value is -1.69. The molecule has 4 nitrogen and oxygen atoms in total. The van der Waals surface area contributed by atoms with Gasteiger partial charge < -0.3 is 15.4 Å². The first-order chi connectivity index (χ1) is 9.85. The molecule has 21 heavy (non-hydrogen) atoms. The van der Waals surface area contributed by atoms with Crippen LogP contribution in [-0.4, -0.2) is 24.6 Å². The summed E-state index contributed by atoms with van der Waals surface area (Å²) in [6.45, 7) is 7.87. The number of carbonyl (C=O) groups is 1. The average molecular weight is 300 g/mol. The third kappa shape index (κ3) is 5.30. The Morgan fingerprint density at radius 1 is 1.24 bits per heavy atom. The lowest BCUT2D eigenvalue weighted by Gasteiger charge is -2.16. The Morgan fingerprint density at radius 3 is 2.29 bits per heavy atom. The van der Waals surface area contributed by atoms with E-state index in [4.69, 9.17) is 4.74 Å². The van der Waals surface area contributed by atoms with Crippen molar-refractivity contribution in [2.75, 3.05) is 6.54 Å². The van der Waals surface area contributed by atoms with Crippen LogP contribution in [0, 0.1) is 11.6 Å². The summed E-state index contributed by atoms with van der Waals surface area (Å²) >= 11 is 0. The molecule has 6 heteroatoms. The molecular weight excluding hydrogens is 278 g/mol. The minimum Gasteiger partial charge on any atom is -0.475 e. The van der Waals surface area contributed by atoms with E-state index < -0.39 is 29.4 Å². The van der Waals surface area contributed by atoms with Crippen LogP contribution in [0.5, 0.6) is 5.75 Å². The number of ether oxygens (including phenoxy) is 1. The second-order valence-electron chi connectivity index (χ2n) is 5.08. The summed E-state index contributed by atoms with van der Waals surface area (Å²) in [4.78, 5) is 11.5.